The third kappa shape index (κ3) is 5.23. The Kier molecular flexibility index (Phi) is 7.29. The highest BCUT2D eigenvalue weighted by Crippen LogP contribution is 2.28. The molecule has 3 rings (SSSR count). The number of carbonyl (C=O) groups is 2. The summed E-state index contributed by atoms with van der Waals surface area (Å²) < 4.78 is 5.70. The van der Waals surface area contributed by atoms with E-state index in [2.05, 4.69) is 18.2 Å². The Bertz CT molecular complexity index is 1070. The molecule has 3 aromatic carbocycles. The van der Waals surface area contributed by atoms with Gasteiger partial charge < -0.3 is 14.5 Å². The molecule has 5 nitrogen and oxygen atoms in total. The summed E-state index contributed by atoms with van der Waals surface area (Å²) in [6.45, 7) is 7.96. The van der Waals surface area contributed by atoms with Gasteiger partial charge in [0.1, 0.15) is 5.75 Å². The average Bonchev–Trinajstić information content (AvgIpc) is 2.82. The zero-order valence-electron chi connectivity index (χ0n) is 18.7. The van der Waals surface area contributed by atoms with Crippen LogP contribution in [-0.2, 0) is 4.79 Å². The maximum Gasteiger partial charge on any atom is 0.260 e. The predicted octanol–water partition coefficient (Wildman–Crippen LogP) is 4.85. The van der Waals surface area contributed by atoms with E-state index in [0.717, 1.165) is 21.9 Å². The zero-order valence-corrected chi connectivity index (χ0v) is 18.7. The molecular formula is C26H30N2O3. The molecule has 0 spiro atoms. The van der Waals surface area contributed by atoms with E-state index < -0.39 is 0 Å². The monoisotopic (exact) mass is 418 g/mol. The molecular weight excluding hydrogens is 388 g/mol. The second-order valence-electron chi connectivity index (χ2n) is 7.48. The number of likely N-dealkylation sites (N-methyl/N-ethyl adjacent to an activating group) is 1. The summed E-state index contributed by atoms with van der Waals surface area (Å²) in [4.78, 5) is 28.2. The van der Waals surface area contributed by atoms with Gasteiger partial charge in [-0.2, -0.15) is 0 Å². The summed E-state index contributed by atoms with van der Waals surface area (Å²) in [5.41, 5.74) is 2.71. The fourth-order valence-corrected chi connectivity index (χ4v) is 3.45. The van der Waals surface area contributed by atoms with Crippen molar-refractivity contribution in [3.05, 3.63) is 66.2 Å². The van der Waals surface area contributed by atoms with Crippen molar-refractivity contribution in [2.45, 2.75) is 20.8 Å². The van der Waals surface area contributed by atoms with E-state index in [9.17, 15) is 9.59 Å². The number of amides is 2. The lowest BCUT2D eigenvalue weighted by atomic mass is 9.99. The molecule has 0 unspecified atom stereocenters. The highest BCUT2D eigenvalue weighted by atomic mass is 16.5. The summed E-state index contributed by atoms with van der Waals surface area (Å²) in [7, 11) is 1.76. The predicted molar refractivity (Wildman–Crippen MR) is 125 cm³/mol. The molecule has 0 aromatic heterocycles. The molecule has 0 heterocycles. The fourth-order valence-electron chi connectivity index (χ4n) is 3.45. The van der Waals surface area contributed by atoms with Crippen molar-refractivity contribution in [1.82, 2.24) is 9.80 Å². The Morgan fingerprint density at radius 2 is 1.52 bits per heavy atom. The lowest BCUT2D eigenvalue weighted by molar-refractivity contribution is -0.131. The third-order valence-corrected chi connectivity index (χ3v) is 5.57. The standard InChI is InChI=1S/C26H30N2O3/c1-5-27(4)25(29)18-31-24-14-13-19-11-12-21(16-23(19)17-24)20-9-8-10-22(15-20)26(30)28(6-2)7-3/h8-17H,5-7,18H2,1-4H3. The van der Waals surface area contributed by atoms with Crippen molar-refractivity contribution in [1.29, 1.82) is 0 Å². The van der Waals surface area contributed by atoms with E-state index in [1.165, 1.54) is 0 Å². The summed E-state index contributed by atoms with van der Waals surface area (Å²) in [6, 6.07) is 19.8. The molecule has 2 amide bonds. The van der Waals surface area contributed by atoms with E-state index in [0.29, 0.717) is 30.9 Å². The van der Waals surface area contributed by atoms with E-state index >= 15 is 0 Å². The molecule has 0 fully saturated rings. The molecule has 0 aliphatic rings. The maximum atomic E-state index is 12.7. The van der Waals surface area contributed by atoms with Crippen LogP contribution in [0.2, 0.25) is 0 Å². The largest absolute Gasteiger partial charge is 0.484 e. The Hall–Kier alpha value is -3.34. The van der Waals surface area contributed by atoms with E-state index in [-0.39, 0.29) is 18.4 Å². The second-order valence-corrected chi connectivity index (χ2v) is 7.48. The maximum absolute atomic E-state index is 12.7. The first-order valence-electron chi connectivity index (χ1n) is 10.8. The SMILES string of the molecule is CCN(C)C(=O)COc1ccc2ccc(-c3cccc(C(=O)N(CC)CC)c3)cc2c1. The van der Waals surface area contributed by atoms with Crippen LogP contribution in [0, 0.1) is 0 Å². The first-order valence-corrected chi connectivity index (χ1v) is 10.8. The molecule has 0 aliphatic heterocycles. The molecule has 0 saturated heterocycles. The highest BCUT2D eigenvalue weighted by Gasteiger charge is 2.13. The van der Waals surface area contributed by atoms with Gasteiger partial charge in [-0.15, -0.1) is 0 Å². The van der Waals surface area contributed by atoms with Gasteiger partial charge in [0.15, 0.2) is 6.61 Å². The average molecular weight is 419 g/mol. The normalized spacial score (nSPS) is 10.7. The smallest absolute Gasteiger partial charge is 0.260 e. The van der Waals surface area contributed by atoms with Crippen LogP contribution in [0.5, 0.6) is 5.75 Å². The highest BCUT2D eigenvalue weighted by molar-refractivity contribution is 5.96. The van der Waals surface area contributed by atoms with Crippen LogP contribution in [-0.4, -0.2) is 54.9 Å². The minimum absolute atomic E-state index is 0.0189. The molecule has 3 aromatic rings. The first-order chi connectivity index (χ1) is 15.0. The summed E-state index contributed by atoms with van der Waals surface area (Å²) >= 11 is 0. The van der Waals surface area contributed by atoms with Gasteiger partial charge in [0.2, 0.25) is 0 Å². The molecule has 5 heteroatoms. The van der Waals surface area contributed by atoms with Crippen molar-refractivity contribution >= 4 is 22.6 Å². The van der Waals surface area contributed by atoms with Gasteiger partial charge in [-0.3, -0.25) is 9.59 Å². The third-order valence-electron chi connectivity index (χ3n) is 5.57. The van der Waals surface area contributed by atoms with Crippen LogP contribution in [0.1, 0.15) is 31.1 Å². The number of ether oxygens (including phenoxy) is 1. The van der Waals surface area contributed by atoms with Crippen molar-refractivity contribution in [2.75, 3.05) is 33.3 Å². The quantitative estimate of drug-likeness (QED) is 0.526. The number of benzene rings is 3. The Morgan fingerprint density at radius 1 is 0.806 bits per heavy atom. The Labute approximate surface area is 184 Å². The van der Waals surface area contributed by atoms with Crippen molar-refractivity contribution in [3.8, 4) is 16.9 Å². The van der Waals surface area contributed by atoms with E-state index in [1.54, 1.807) is 11.9 Å². The van der Waals surface area contributed by atoms with Gasteiger partial charge in [-0.25, -0.2) is 0 Å². The Balaban J connectivity index is 1.86. The fraction of sp³-hybridized carbons (Fsp3) is 0.308. The van der Waals surface area contributed by atoms with E-state index in [4.69, 9.17) is 4.74 Å². The van der Waals surface area contributed by atoms with Crippen LogP contribution in [0.4, 0.5) is 0 Å². The minimum Gasteiger partial charge on any atom is -0.484 e. The van der Waals surface area contributed by atoms with Crippen LogP contribution < -0.4 is 4.74 Å². The van der Waals surface area contributed by atoms with Crippen LogP contribution >= 0.6 is 0 Å². The first kappa shape index (κ1) is 22.3. The van der Waals surface area contributed by atoms with Crippen LogP contribution in [0.25, 0.3) is 21.9 Å². The van der Waals surface area contributed by atoms with E-state index in [1.807, 2.05) is 68.1 Å². The molecule has 0 aliphatic carbocycles. The van der Waals surface area contributed by atoms with Crippen molar-refractivity contribution in [2.24, 2.45) is 0 Å². The zero-order chi connectivity index (χ0) is 22.4. The van der Waals surface area contributed by atoms with Crippen LogP contribution in [0.15, 0.2) is 60.7 Å². The number of hydrogen-bond donors (Lipinski definition) is 0. The lowest BCUT2D eigenvalue weighted by Gasteiger charge is -2.19. The van der Waals surface area contributed by atoms with Gasteiger partial charge in [0, 0.05) is 32.2 Å². The number of hydrogen-bond acceptors (Lipinski definition) is 3. The summed E-state index contributed by atoms with van der Waals surface area (Å²) in [5, 5.41) is 2.11. The topological polar surface area (TPSA) is 49.9 Å². The number of rotatable bonds is 8. The van der Waals surface area contributed by atoms with Crippen LogP contribution in [0.3, 0.4) is 0 Å². The molecule has 0 N–H and O–H groups in total. The van der Waals surface area contributed by atoms with Gasteiger partial charge in [-0.1, -0.05) is 30.3 Å². The molecule has 0 bridgehead atoms. The van der Waals surface area contributed by atoms with Crippen molar-refractivity contribution < 1.29 is 14.3 Å². The number of carbonyl (C=O) groups excluding carboxylic acids is 2. The van der Waals surface area contributed by atoms with Gasteiger partial charge in [0.25, 0.3) is 11.8 Å². The molecule has 0 radical (unpaired) electrons. The van der Waals surface area contributed by atoms with Gasteiger partial charge >= 0.3 is 0 Å². The molecule has 0 saturated carbocycles. The molecule has 162 valence electrons. The summed E-state index contributed by atoms with van der Waals surface area (Å²) in [5.74, 6) is 0.657. The molecule has 0 atom stereocenters. The van der Waals surface area contributed by atoms with Gasteiger partial charge in [0.05, 0.1) is 0 Å². The van der Waals surface area contributed by atoms with Gasteiger partial charge in [-0.05, 0) is 73.0 Å². The summed E-state index contributed by atoms with van der Waals surface area (Å²) in [6.07, 6.45) is 0. The van der Waals surface area contributed by atoms with Crippen molar-refractivity contribution in [3.63, 3.8) is 0 Å². The Morgan fingerprint density at radius 3 is 2.23 bits per heavy atom. The molecule has 31 heavy (non-hydrogen) atoms. The number of fused-ring (bicyclic) bond motifs is 1. The minimum atomic E-state index is -0.0500. The number of nitrogens with zero attached hydrogens (tertiary/aromatic N) is 2. The lowest BCUT2D eigenvalue weighted by Crippen LogP contribution is -2.31. The second kappa shape index (κ2) is 10.1.